The van der Waals surface area contributed by atoms with Crippen LogP contribution in [-0.2, 0) is 11.3 Å². The molecule has 2 aromatic rings. The van der Waals surface area contributed by atoms with Crippen molar-refractivity contribution in [2.45, 2.75) is 45.6 Å². The van der Waals surface area contributed by atoms with Crippen LogP contribution in [-0.4, -0.2) is 37.0 Å². The zero-order valence-corrected chi connectivity index (χ0v) is 21.1. The van der Waals surface area contributed by atoms with Gasteiger partial charge in [0.1, 0.15) is 11.6 Å². The molecule has 0 radical (unpaired) electrons. The maximum atomic E-state index is 14.1. The second kappa shape index (κ2) is 13.9. The van der Waals surface area contributed by atoms with E-state index in [1.807, 2.05) is 37.3 Å². The lowest BCUT2D eigenvalue weighted by molar-refractivity contribution is -0.120. The molecule has 0 aliphatic carbocycles. The van der Waals surface area contributed by atoms with Gasteiger partial charge in [-0.1, -0.05) is 36.2 Å². The van der Waals surface area contributed by atoms with Crippen molar-refractivity contribution in [3.05, 3.63) is 82.3 Å². The number of hydrogen-bond donors (Lipinski definition) is 2. The van der Waals surface area contributed by atoms with Gasteiger partial charge in [-0.25, -0.2) is 4.39 Å². The molecule has 7 heteroatoms. The fourth-order valence-electron chi connectivity index (χ4n) is 4.02. The van der Waals surface area contributed by atoms with E-state index in [4.69, 9.17) is 22.1 Å². The third-order valence-corrected chi connectivity index (χ3v) is 6.22. The number of carbonyl (C=O) groups excluding carboxylic acids is 1. The van der Waals surface area contributed by atoms with Crippen molar-refractivity contribution < 1.29 is 13.9 Å². The van der Waals surface area contributed by atoms with E-state index >= 15 is 0 Å². The number of nitrogens with two attached hydrogens (primary N) is 1. The monoisotopic (exact) mass is 499 g/mol. The molecule has 0 bridgehead atoms. The lowest BCUT2D eigenvalue weighted by Gasteiger charge is -2.26. The van der Waals surface area contributed by atoms with Gasteiger partial charge in [0.15, 0.2) is 0 Å². The van der Waals surface area contributed by atoms with E-state index in [0.717, 1.165) is 37.2 Å². The minimum Gasteiger partial charge on any atom is -0.493 e. The summed E-state index contributed by atoms with van der Waals surface area (Å²) in [7, 11) is 0. The lowest BCUT2D eigenvalue weighted by Crippen LogP contribution is -2.31. The number of carbonyl (C=O) groups is 1. The van der Waals surface area contributed by atoms with E-state index in [0.29, 0.717) is 28.6 Å². The predicted octanol–water partition coefficient (Wildman–Crippen LogP) is 5.69. The van der Waals surface area contributed by atoms with Gasteiger partial charge < -0.3 is 20.7 Å². The zero-order valence-electron chi connectivity index (χ0n) is 20.4. The molecule has 0 unspecified atom stereocenters. The van der Waals surface area contributed by atoms with Crippen LogP contribution in [0.3, 0.4) is 0 Å². The van der Waals surface area contributed by atoms with Gasteiger partial charge in [0.2, 0.25) is 5.91 Å². The van der Waals surface area contributed by atoms with Crippen LogP contribution in [0.5, 0.6) is 5.75 Å². The number of hydrogen-bond acceptors (Lipinski definition) is 4. The molecule has 1 saturated heterocycles. The summed E-state index contributed by atoms with van der Waals surface area (Å²) in [6.45, 7) is 6.01. The van der Waals surface area contributed by atoms with Gasteiger partial charge in [0.25, 0.3) is 0 Å². The fraction of sp³-hybridized carbons (Fsp3) is 0.393. The van der Waals surface area contributed by atoms with Crippen molar-refractivity contribution in [1.29, 1.82) is 0 Å². The molecule has 0 atom stereocenters. The number of piperidine rings is 1. The molecule has 1 aliphatic rings. The van der Waals surface area contributed by atoms with Crippen molar-refractivity contribution in [3.8, 4) is 5.75 Å². The van der Waals surface area contributed by atoms with Crippen molar-refractivity contribution in [1.82, 2.24) is 10.2 Å². The number of nitrogens with zero attached hydrogens (tertiary/aromatic N) is 1. The molecule has 5 nitrogen and oxygen atoms in total. The summed E-state index contributed by atoms with van der Waals surface area (Å²) in [6.07, 6.45) is 8.40. The Kier molecular flexibility index (Phi) is 10.6. The lowest BCUT2D eigenvalue weighted by atomic mass is 10.1. The first-order valence-electron chi connectivity index (χ1n) is 12.2. The first-order chi connectivity index (χ1) is 16.9. The normalized spacial score (nSPS) is 15.2. The standard InChI is InChI=1S/C28H35ClFN3O2/c1-21(23-7-9-24(29)10-8-23)6-11-26(31)19-28(34)32-20-22-16-25(30)18-27(17-22)35-15-5-14-33-12-3-2-4-13-33/h6-11,16-18H,2-5,12-15,19-20,31H2,1H3,(H,32,34)/b21-6+,26-11-. The Morgan fingerprint density at radius 3 is 2.63 bits per heavy atom. The highest BCUT2D eigenvalue weighted by molar-refractivity contribution is 6.30. The van der Waals surface area contributed by atoms with Gasteiger partial charge in [0, 0.05) is 29.9 Å². The number of rotatable bonds is 11. The van der Waals surface area contributed by atoms with Gasteiger partial charge in [-0.15, -0.1) is 0 Å². The minimum absolute atomic E-state index is 0.0551. The van der Waals surface area contributed by atoms with Crippen LogP contribution in [0, 0.1) is 5.82 Å². The quantitative estimate of drug-likeness (QED) is 0.308. The molecule has 2 aromatic carbocycles. The molecule has 0 saturated carbocycles. The van der Waals surface area contributed by atoms with Crippen LogP contribution >= 0.6 is 11.6 Å². The second-order valence-electron chi connectivity index (χ2n) is 8.95. The Balaban J connectivity index is 1.43. The number of halogens is 2. The van der Waals surface area contributed by atoms with Gasteiger partial charge in [-0.2, -0.15) is 0 Å². The number of nitrogens with one attached hydrogen (secondary N) is 1. The number of amides is 1. The van der Waals surface area contributed by atoms with Crippen LogP contribution in [0.1, 0.15) is 50.2 Å². The first-order valence-corrected chi connectivity index (χ1v) is 12.6. The minimum atomic E-state index is -0.384. The second-order valence-corrected chi connectivity index (χ2v) is 9.39. The van der Waals surface area contributed by atoms with Gasteiger partial charge in [-0.3, -0.25) is 4.79 Å². The van der Waals surface area contributed by atoms with Crippen LogP contribution in [0.4, 0.5) is 4.39 Å². The number of likely N-dealkylation sites (tertiary alicyclic amines) is 1. The molecule has 1 aliphatic heterocycles. The molecule has 0 aromatic heterocycles. The molecule has 0 spiro atoms. The SMILES string of the molecule is C/C(=C\C=C(/N)CC(=O)NCc1cc(F)cc(OCCCN2CCCCC2)c1)c1ccc(Cl)cc1. The highest BCUT2D eigenvalue weighted by atomic mass is 35.5. The maximum Gasteiger partial charge on any atom is 0.226 e. The van der Waals surface area contributed by atoms with Gasteiger partial charge in [-0.05, 0) is 86.3 Å². The Labute approximate surface area is 212 Å². The van der Waals surface area contributed by atoms with Crippen LogP contribution in [0.2, 0.25) is 5.02 Å². The van der Waals surface area contributed by atoms with Crippen LogP contribution in [0.25, 0.3) is 5.57 Å². The average Bonchev–Trinajstić information content (AvgIpc) is 2.85. The molecule has 1 heterocycles. The number of ether oxygens (including phenoxy) is 1. The summed E-state index contributed by atoms with van der Waals surface area (Å²) in [5, 5.41) is 3.47. The number of benzene rings is 2. The fourth-order valence-corrected chi connectivity index (χ4v) is 4.14. The molecule has 3 rings (SSSR count). The van der Waals surface area contributed by atoms with Gasteiger partial charge >= 0.3 is 0 Å². The summed E-state index contributed by atoms with van der Waals surface area (Å²) in [6, 6.07) is 12.1. The first kappa shape index (κ1) is 26.8. The van der Waals surface area contributed by atoms with E-state index < -0.39 is 0 Å². The van der Waals surface area contributed by atoms with E-state index in [1.165, 1.54) is 31.4 Å². The molecular weight excluding hydrogens is 465 g/mol. The third kappa shape index (κ3) is 9.74. The maximum absolute atomic E-state index is 14.1. The Morgan fingerprint density at radius 1 is 1.14 bits per heavy atom. The largest absolute Gasteiger partial charge is 0.493 e. The third-order valence-electron chi connectivity index (χ3n) is 5.97. The van der Waals surface area contributed by atoms with Crippen molar-refractivity contribution in [2.75, 3.05) is 26.2 Å². The summed E-state index contributed by atoms with van der Waals surface area (Å²) < 4.78 is 19.8. The van der Waals surface area contributed by atoms with Crippen molar-refractivity contribution >= 4 is 23.1 Å². The van der Waals surface area contributed by atoms with Crippen LogP contribution < -0.4 is 15.8 Å². The van der Waals surface area contributed by atoms with Crippen molar-refractivity contribution in [2.24, 2.45) is 5.73 Å². The molecule has 1 amide bonds. The average molecular weight is 500 g/mol. The zero-order chi connectivity index (χ0) is 25.0. The van der Waals surface area contributed by atoms with Crippen molar-refractivity contribution in [3.63, 3.8) is 0 Å². The summed E-state index contributed by atoms with van der Waals surface area (Å²) in [4.78, 5) is 14.8. The Morgan fingerprint density at radius 2 is 1.89 bits per heavy atom. The molecule has 1 fully saturated rings. The van der Waals surface area contributed by atoms with E-state index in [2.05, 4.69) is 10.2 Å². The molecule has 188 valence electrons. The van der Waals surface area contributed by atoms with E-state index in [9.17, 15) is 9.18 Å². The summed E-state index contributed by atoms with van der Waals surface area (Å²) >= 11 is 5.92. The predicted molar refractivity (Wildman–Crippen MR) is 141 cm³/mol. The molecule has 35 heavy (non-hydrogen) atoms. The highest BCUT2D eigenvalue weighted by Gasteiger charge is 2.10. The Bertz CT molecular complexity index is 1030. The Hall–Kier alpha value is -2.83. The van der Waals surface area contributed by atoms with Gasteiger partial charge in [0.05, 0.1) is 13.0 Å². The summed E-state index contributed by atoms with van der Waals surface area (Å²) in [5.41, 5.74) is 9.13. The summed E-state index contributed by atoms with van der Waals surface area (Å²) in [5.74, 6) is -0.135. The van der Waals surface area contributed by atoms with E-state index in [1.54, 1.807) is 12.1 Å². The highest BCUT2D eigenvalue weighted by Crippen LogP contribution is 2.18. The molecular formula is C28H35ClFN3O2. The topological polar surface area (TPSA) is 67.6 Å². The van der Waals surface area contributed by atoms with E-state index in [-0.39, 0.29) is 24.7 Å². The smallest absolute Gasteiger partial charge is 0.226 e. The van der Waals surface area contributed by atoms with Crippen LogP contribution in [0.15, 0.2) is 60.3 Å². The molecule has 3 N–H and O–H groups in total. The number of allylic oxidation sites excluding steroid dienone is 3.